The maximum absolute atomic E-state index is 12.2. The number of anilines is 2. The first-order chi connectivity index (χ1) is 13.1. The lowest BCUT2D eigenvalue weighted by atomic mass is 10.3. The van der Waals surface area contributed by atoms with E-state index in [9.17, 15) is 14.4 Å². The van der Waals surface area contributed by atoms with Crippen molar-refractivity contribution in [2.75, 3.05) is 43.1 Å². The van der Waals surface area contributed by atoms with Gasteiger partial charge in [0.2, 0.25) is 17.7 Å². The zero-order chi connectivity index (χ0) is 18.8. The molecule has 3 amide bonds. The number of morpholine rings is 1. The number of carbonyl (C=O) groups excluding carboxylic acids is 3. The zero-order valence-electron chi connectivity index (χ0n) is 14.8. The predicted molar refractivity (Wildman–Crippen MR) is 102 cm³/mol. The van der Waals surface area contributed by atoms with Gasteiger partial charge in [-0.2, -0.15) is 0 Å². The van der Waals surface area contributed by atoms with Crippen molar-refractivity contribution >= 4 is 50.1 Å². The molecule has 0 bridgehead atoms. The fraction of sp³-hybridized carbons (Fsp3) is 0.444. The summed E-state index contributed by atoms with van der Waals surface area (Å²) < 4.78 is 6.37. The molecule has 0 aliphatic carbocycles. The van der Waals surface area contributed by atoms with Crippen LogP contribution in [0.3, 0.4) is 0 Å². The summed E-state index contributed by atoms with van der Waals surface area (Å²) in [5.74, 6) is -0.621. The summed E-state index contributed by atoms with van der Waals surface area (Å²) in [5.41, 5.74) is 1.58. The molecule has 0 unspecified atom stereocenters. The lowest BCUT2D eigenvalue weighted by Gasteiger charge is -2.25. The minimum Gasteiger partial charge on any atom is -0.378 e. The number of rotatable bonds is 5. The SMILES string of the molecule is O=C(CCN1C(=O)CCC1=O)Nc1ccc2nc(N3CCOCC3)sc2c1. The summed E-state index contributed by atoms with van der Waals surface area (Å²) in [5, 5.41) is 3.79. The molecule has 0 radical (unpaired) electrons. The maximum atomic E-state index is 12.2. The first-order valence-electron chi connectivity index (χ1n) is 8.96. The Bertz CT molecular complexity index is 875. The first kappa shape index (κ1) is 17.9. The van der Waals surface area contributed by atoms with E-state index in [1.165, 1.54) is 4.90 Å². The molecule has 1 N–H and O–H groups in total. The fourth-order valence-electron chi connectivity index (χ4n) is 3.19. The second kappa shape index (κ2) is 7.61. The molecule has 142 valence electrons. The van der Waals surface area contributed by atoms with Gasteiger partial charge in [-0.1, -0.05) is 11.3 Å². The summed E-state index contributed by atoms with van der Waals surface area (Å²) in [6.45, 7) is 3.21. The predicted octanol–water partition coefficient (Wildman–Crippen LogP) is 1.61. The molecule has 0 atom stereocenters. The average Bonchev–Trinajstić information content (AvgIpc) is 3.24. The Hall–Kier alpha value is -2.52. The highest BCUT2D eigenvalue weighted by Gasteiger charge is 2.28. The van der Waals surface area contributed by atoms with Gasteiger partial charge in [-0.15, -0.1) is 0 Å². The lowest BCUT2D eigenvalue weighted by molar-refractivity contribution is -0.138. The van der Waals surface area contributed by atoms with Crippen LogP contribution >= 0.6 is 11.3 Å². The average molecular weight is 388 g/mol. The Morgan fingerprint density at radius 2 is 1.93 bits per heavy atom. The number of amides is 3. The molecule has 2 aliphatic heterocycles. The molecule has 1 aromatic heterocycles. The van der Waals surface area contributed by atoms with E-state index in [1.807, 2.05) is 18.2 Å². The Morgan fingerprint density at radius 1 is 1.19 bits per heavy atom. The van der Waals surface area contributed by atoms with Crippen LogP contribution in [0.25, 0.3) is 10.2 Å². The number of hydrogen-bond acceptors (Lipinski definition) is 7. The summed E-state index contributed by atoms with van der Waals surface area (Å²) in [6, 6.07) is 5.61. The van der Waals surface area contributed by atoms with E-state index >= 15 is 0 Å². The third kappa shape index (κ3) is 3.93. The van der Waals surface area contributed by atoms with E-state index in [4.69, 9.17) is 4.74 Å². The van der Waals surface area contributed by atoms with Gasteiger partial charge in [0.25, 0.3) is 0 Å². The van der Waals surface area contributed by atoms with Gasteiger partial charge in [-0.25, -0.2) is 4.98 Å². The standard InChI is InChI=1S/C18H20N4O4S/c23-15(5-6-22-16(24)3-4-17(22)25)19-12-1-2-13-14(11-12)27-18(20-13)21-7-9-26-10-8-21/h1-2,11H,3-10H2,(H,19,23). The monoisotopic (exact) mass is 388 g/mol. The van der Waals surface area contributed by atoms with Crippen molar-refractivity contribution in [2.45, 2.75) is 19.3 Å². The summed E-state index contributed by atoms with van der Waals surface area (Å²) in [4.78, 5) is 43.4. The zero-order valence-corrected chi connectivity index (χ0v) is 15.6. The van der Waals surface area contributed by atoms with Gasteiger partial charge in [0.05, 0.1) is 23.4 Å². The molecule has 0 spiro atoms. The number of thiazole rings is 1. The molecule has 2 fully saturated rings. The van der Waals surface area contributed by atoms with Crippen LogP contribution in [0.1, 0.15) is 19.3 Å². The smallest absolute Gasteiger partial charge is 0.229 e. The molecule has 2 saturated heterocycles. The molecular weight excluding hydrogens is 368 g/mol. The molecule has 2 aromatic rings. The lowest BCUT2D eigenvalue weighted by Crippen LogP contribution is -2.36. The number of ether oxygens (including phenoxy) is 1. The highest BCUT2D eigenvalue weighted by atomic mass is 32.1. The number of carbonyl (C=O) groups is 3. The van der Waals surface area contributed by atoms with Crippen molar-refractivity contribution in [3.63, 3.8) is 0 Å². The number of hydrogen-bond donors (Lipinski definition) is 1. The Balaban J connectivity index is 1.39. The van der Waals surface area contributed by atoms with Gasteiger partial charge in [-0.05, 0) is 18.2 Å². The van der Waals surface area contributed by atoms with E-state index in [0.29, 0.717) is 18.9 Å². The third-order valence-corrected chi connectivity index (χ3v) is 5.74. The molecule has 3 heterocycles. The minimum atomic E-state index is -0.222. The Morgan fingerprint density at radius 3 is 2.67 bits per heavy atom. The maximum Gasteiger partial charge on any atom is 0.229 e. The molecule has 27 heavy (non-hydrogen) atoms. The highest BCUT2D eigenvalue weighted by molar-refractivity contribution is 7.22. The van der Waals surface area contributed by atoms with Crippen LogP contribution in [0.2, 0.25) is 0 Å². The Kier molecular flexibility index (Phi) is 5.04. The highest BCUT2D eigenvalue weighted by Crippen LogP contribution is 2.31. The molecular formula is C18H20N4O4S. The van der Waals surface area contributed by atoms with Gasteiger partial charge < -0.3 is 15.0 Å². The van der Waals surface area contributed by atoms with Crippen LogP contribution in [0, 0.1) is 0 Å². The van der Waals surface area contributed by atoms with Gasteiger partial charge in [-0.3, -0.25) is 19.3 Å². The van der Waals surface area contributed by atoms with Crippen LogP contribution < -0.4 is 10.2 Å². The normalized spacial score (nSPS) is 17.8. The number of likely N-dealkylation sites (tertiary alicyclic amines) is 1. The van der Waals surface area contributed by atoms with Crippen molar-refractivity contribution in [1.29, 1.82) is 0 Å². The number of benzene rings is 1. The number of aromatic nitrogens is 1. The van der Waals surface area contributed by atoms with E-state index in [0.717, 1.165) is 28.4 Å². The molecule has 0 saturated carbocycles. The largest absolute Gasteiger partial charge is 0.378 e. The first-order valence-corrected chi connectivity index (χ1v) is 9.78. The van der Waals surface area contributed by atoms with Crippen molar-refractivity contribution in [2.24, 2.45) is 0 Å². The molecule has 8 nitrogen and oxygen atoms in total. The van der Waals surface area contributed by atoms with Gasteiger partial charge >= 0.3 is 0 Å². The van der Waals surface area contributed by atoms with Crippen molar-refractivity contribution < 1.29 is 19.1 Å². The number of nitrogens with zero attached hydrogens (tertiary/aromatic N) is 3. The summed E-state index contributed by atoms with van der Waals surface area (Å²) in [6.07, 6.45) is 0.583. The minimum absolute atomic E-state index is 0.0945. The molecule has 4 rings (SSSR count). The summed E-state index contributed by atoms with van der Waals surface area (Å²) in [7, 11) is 0. The second-order valence-corrected chi connectivity index (χ2v) is 7.52. The quantitative estimate of drug-likeness (QED) is 0.783. The summed E-state index contributed by atoms with van der Waals surface area (Å²) >= 11 is 1.59. The Labute approximate surface area is 160 Å². The van der Waals surface area contributed by atoms with Crippen LogP contribution in [0.4, 0.5) is 10.8 Å². The van der Waals surface area contributed by atoms with E-state index < -0.39 is 0 Å². The van der Waals surface area contributed by atoms with Crippen molar-refractivity contribution in [3.8, 4) is 0 Å². The topological polar surface area (TPSA) is 91.8 Å². The fourth-order valence-corrected chi connectivity index (χ4v) is 4.25. The van der Waals surface area contributed by atoms with Gasteiger partial charge in [0, 0.05) is 44.6 Å². The number of imide groups is 1. The molecule has 2 aliphatic rings. The van der Waals surface area contributed by atoms with E-state index in [1.54, 1.807) is 11.3 Å². The van der Waals surface area contributed by atoms with Crippen molar-refractivity contribution in [3.05, 3.63) is 18.2 Å². The molecule has 9 heteroatoms. The van der Waals surface area contributed by atoms with Crippen LogP contribution in [0.5, 0.6) is 0 Å². The van der Waals surface area contributed by atoms with Crippen LogP contribution in [-0.4, -0.2) is 60.5 Å². The van der Waals surface area contributed by atoms with E-state index in [-0.39, 0.29) is 43.5 Å². The molecule has 1 aromatic carbocycles. The van der Waals surface area contributed by atoms with Crippen molar-refractivity contribution in [1.82, 2.24) is 9.88 Å². The van der Waals surface area contributed by atoms with Gasteiger partial charge in [0.15, 0.2) is 5.13 Å². The second-order valence-electron chi connectivity index (χ2n) is 6.52. The number of fused-ring (bicyclic) bond motifs is 1. The third-order valence-electron chi connectivity index (χ3n) is 4.66. The van der Waals surface area contributed by atoms with Crippen LogP contribution in [0.15, 0.2) is 18.2 Å². The van der Waals surface area contributed by atoms with Gasteiger partial charge in [0.1, 0.15) is 0 Å². The van der Waals surface area contributed by atoms with E-state index in [2.05, 4.69) is 15.2 Å². The van der Waals surface area contributed by atoms with Crippen LogP contribution in [-0.2, 0) is 19.1 Å². The number of nitrogens with one attached hydrogen (secondary N) is 1.